The fourth-order valence-electron chi connectivity index (χ4n) is 2.82. The lowest BCUT2D eigenvalue weighted by molar-refractivity contribution is -0.101. The van der Waals surface area contributed by atoms with Crippen LogP contribution in [0.2, 0.25) is 0 Å². The van der Waals surface area contributed by atoms with Crippen LogP contribution >= 0.6 is 0 Å². The van der Waals surface area contributed by atoms with E-state index in [0.29, 0.717) is 43.2 Å². The highest BCUT2D eigenvalue weighted by molar-refractivity contribution is 5.86. The molecule has 1 aliphatic rings. The Labute approximate surface area is 159 Å². The maximum absolute atomic E-state index is 15.4. The number of ether oxygens (including phenoxy) is 4. The van der Waals surface area contributed by atoms with Crippen LogP contribution in [0, 0.1) is 5.82 Å². The van der Waals surface area contributed by atoms with Crippen molar-refractivity contribution in [1.82, 2.24) is 0 Å². The molecule has 0 aliphatic carbocycles. The molecule has 1 saturated heterocycles. The van der Waals surface area contributed by atoms with Gasteiger partial charge in [0.25, 0.3) is 0 Å². The van der Waals surface area contributed by atoms with Gasteiger partial charge in [0.2, 0.25) is 0 Å². The van der Waals surface area contributed by atoms with Gasteiger partial charge in [-0.2, -0.15) is 0 Å². The maximum atomic E-state index is 15.4. The molecular formula is C19H29FN2O5. The molecule has 0 saturated carbocycles. The second kappa shape index (κ2) is 9.34. The second-order valence-corrected chi connectivity index (χ2v) is 7.26. The van der Waals surface area contributed by atoms with Gasteiger partial charge >= 0.3 is 6.09 Å². The Bertz CT molecular complexity index is 638. The van der Waals surface area contributed by atoms with E-state index in [1.807, 2.05) is 4.90 Å². The largest absolute Gasteiger partial charge is 0.444 e. The number of amides is 1. The van der Waals surface area contributed by atoms with Crippen molar-refractivity contribution >= 4 is 17.5 Å². The quantitative estimate of drug-likeness (QED) is 0.760. The number of methoxy groups -OCH3 is 2. The monoisotopic (exact) mass is 384 g/mol. The van der Waals surface area contributed by atoms with Crippen molar-refractivity contribution in [3.8, 4) is 0 Å². The molecule has 0 atom stereocenters. The molecule has 1 aliphatic heterocycles. The van der Waals surface area contributed by atoms with E-state index in [1.165, 1.54) is 14.2 Å². The number of benzene rings is 1. The van der Waals surface area contributed by atoms with Crippen molar-refractivity contribution < 1.29 is 28.1 Å². The zero-order valence-corrected chi connectivity index (χ0v) is 16.6. The van der Waals surface area contributed by atoms with Crippen molar-refractivity contribution in [3.63, 3.8) is 0 Å². The van der Waals surface area contributed by atoms with Crippen LogP contribution < -0.4 is 10.2 Å². The van der Waals surface area contributed by atoms with Gasteiger partial charge in [0, 0.05) is 39.3 Å². The second-order valence-electron chi connectivity index (χ2n) is 7.26. The summed E-state index contributed by atoms with van der Waals surface area (Å²) in [6, 6.07) is 3.33. The molecule has 0 unspecified atom stereocenters. The van der Waals surface area contributed by atoms with Crippen LogP contribution in [-0.2, 0) is 25.4 Å². The maximum Gasteiger partial charge on any atom is 0.412 e. The number of nitrogens with zero attached hydrogens (tertiary/aromatic N) is 1. The van der Waals surface area contributed by atoms with E-state index in [0.717, 1.165) is 0 Å². The average Bonchev–Trinajstić information content (AvgIpc) is 2.61. The number of carbonyl (C=O) groups excluding carboxylic acids is 1. The molecule has 0 radical (unpaired) electrons. The summed E-state index contributed by atoms with van der Waals surface area (Å²) in [7, 11) is 2.97. The molecular weight excluding hydrogens is 355 g/mol. The minimum Gasteiger partial charge on any atom is -0.444 e. The van der Waals surface area contributed by atoms with E-state index in [1.54, 1.807) is 32.9 Å². The molecule has 7 nitrogen and oxygen atoms in total. The van der Waals surface area contributed by atoms with E-state index < -0.39 is 23.8 Å². The van der Waals surface area contributed by atoms with Crippen molar-refractivity contribution in [1.29, 1.82) is 0 Å². The standard InChI is InChI=1S/C19H29FN2O5/c1-19(2,3)27-18(23)21-14-6-7-15(22-8-10-26-11-9-22)17(20)13(14)12-16(24-4)25-5/h6-7,16H,8-12H2,1-5H3,(H,21,23). The topological polar surface area (TPSA) is 69.3 Å². The van der Waals surface area contributed by atoms with Gasteiger partial charge in [0.15, 0.2) is 12.1 Å². The number of morpholine rings is 1. The fraction of sp³-hybridized carbons (Fsp3) is 0.632. The zero-order chi connectivity index (χ0) is 20.0. The predicted octanol–water partition coefficient (Wildman–Crippen LogP) is 3.17. The van der Waals surface area contributed by atoms with Gasteiger partial charge in [-0.05, 0) is 32.9 Å². The number of carbonyl (C=O) groups is 1. The molecule has 1 N–H and O–H groups in total. The molecule has 0 spiro atoms. The highest BCUT2D eigenvalue weighted by Gasteiger charge is 2.24. The third kappa shape index (κ3) is 6.05. The summed E-state index contributed by atoms with van der Waals surface area (Å²) in [6.07, 6.45) is -1.14. The first kappa shape index (κ1) is 21.4. The first-order valence-corrected chi connectivity index (χ1v) is 8.95. The SMILES string of the molecule is COC(Cc1c(NC(=O)OC(C)(C)C)ccc(N2CCOCC2)c1F)OC. The number of nitrogens with one attached hydrogen (secondary N) is 1. The Morgan fingerprint density at radius 2 is 1.89 bits per heavy atom. The van der Waals surface area contributed by atoms with Crippen LogP contribution in [0.1, 0.15) is 26.3 Å². The third-order valence-corrected chi connectivity index (χ3v) is 4.11. The summed E-state index contributed by atoms with van der Waals surface area (Å²) in [5.74, 6) is -0.412. The zero-order valence-electron chi connectivity index (χ0n) is 16.6. The Hall–Kier alpha value is -1.90. The number of hydrogen-bond acceptors (Lipinski definition) is 6. The van der Waals surface area contributed by atoms with Crippen LogP contribution in [0.25, 0.3) is 0 Å². The van der Waals surface area contributed by atoms with Crippen LogP contribution in [-0.4, -0.2) is 58.5 Å². The molecule has 8 heteroatoms. The molecule has 0 bridgehead atoms. The molecule has 1 heterocycles. The predicted molar refractivity (Wildman–Crippen MR) is 101 cm³/mol. The van der Waals surface area contributed by atoms with Gasteiger partial charge in [-0.1, -0.05) is 0 Å². The molecule has 1 aromatic rings. The average molecular weight is 384 g/mol. The number of rotatable bonds is 6. The van der Waals surface area contributed by atoms with E-state index in [9.17, 15) is 4.79 Å². The van der Waals surface area contributed by atoms with Crippen LogP contribution in [0.3, 0.4) is 0 Å². The number of hydrogen-bond donors (Lipinski definition) is 1. The van der Waals surface area contributed by atoms with Crippen molar-refractivity contribution in [2.45, 2.75) is 39.1 Å². The molecule has 1 fully saturated rings. The Morgan fingerprint density at radius 3 is 2.44 bits per heavy atom. The van der Waals surface area contributed by atoms with Crippen molar-refractivity contribution in [3.05, 3.63) is 23.5 Å². The highest BCUT2D eigenvalue weighted by Crippen LogP contribution is 2.31. The third-order valence-electron chi connectivity index (χ3n) is 4.11. The van der Waals surface area contributed by atoms with E-state index >= 15 is 4.39 Å². The Kier molecular flexibility index (Phi) is 7.41. The Balaban J connectivity index is 2.33. The van der Waals surface area contributed by atoms with Gasteiger partial charge in [-0.3, -0.25) is 5.32 Å². The van der Waals surface area contributed by atoms with Crippen molar-refractivity contribution in [2.24, 2.45) is 0 Å². The van der Waals surface area contributed by atoms with Crippen LogP contribution in [0.5, 0.6) is 0 Å². The van der Waals surface area contributed by atoms with Gasteiger partial charge in [-0.15, -0.1) is 0 Å². The smallest absolute Gasteiger partial charge is 0.412 e. The molecule has 27 heavy (non-hydrogen) atoms. The fourth-order valence-corrected chi connectivity index (χ4v) is 2.82. The summed E-state index contributed by atoms with van der Waals surface area (Å²) >= 11 is 0. The normalized spacial score (nSPS) is 15.1. The van der Waals surface area contributed by atoms with Crippen LogP contribution in [0.4, 0.5) is 20.6 Å². The molecule has 2 rings (SSSR count). The molecule has 0 aromatic heterocycles. The summed E-state index contributed by atoms with van der Waals surface area (Å²) in [4.78, 5) is 14.1. The van der Waals surface area contributed by atoms with E-state index in [2.05, 4.69) is 5.32 Å². The first-order chi connectivity index (χ1) is 12.7. The lowest BCUT2D eigenvalue weighted by Gasteiger charge is -2.30. The highest BCUT2D eigenvalue weighted by atomic mass is 19.1. The molecule has 152 valence electrons. The minimum atomic E-state index is -0.655. The van der Waals surface area contributed by atoms with Gasteiger partial charge in [-0.25, -0.2) is 9.18 Å². The minimum absolute atomic E-state index is 0.141. The summed E-state index contributed by atoms with van der Waals surface area (Å²) in [6.45, 7) is 7.60. The summed E-state index contributed by atoms with van der Waals surface area (Å²) in [5.41, 5.74) is 0.448. The van der Waals surface area contributed by atoms with E-state index in [-0.39, 0.29) is 6.42 Å². The van der Waals surface area contributed by atoms with Gasteiger partial charge in [0.1, 0.15) is 5.60 Å². The first-order valence-electron chi connectivity index (χ1n) is 8.95. The number of halogens is 1. The summed E-state index contributed by atoms with van der Waals surface area (Å²) in [5, 5.41) is 2.64. The lowest BCUT2D eigenvalue weighted by Crippen LogP contribution is -2.37. The van der Waals surface area contributed by atoms with Gasteiger partial charge < -0.3 is 23.8 Å². The molecule has 1 amide bonds. The summed E-state index contributed by atoms with van der Waals surface area (Å²) < 4.78 is 36.4. The van der Waals surface area contributed by atoms with Gasteiger partial charge in [0.05, 0.1) is 24.6 Å². The Morgan fingerprint density at radius 1 is 1.26 bits per heavy atom. The number of anilines is 2. The van der Waals surface area contributed by atoms with E-state index in [4.69, 9.17) is 18.9 Å². The lowest BCUT2D eigenvalue weighted by atomic mass is 10.1. The van der Waals surface area contributed by atoms with Crippen molar-refractivity contribution in [2.75, 3.05) is 50.7 Å². The van der Waals surface area contributed by atoms with Crippen LogP contribution in [0.15, 0.2) is 12.1 Å². The molecule has 1 aromatic carbocycles.